The molecular formula is C16H28Cl2N4O. The Morgan fingerprint density at radius 3 is 2.61 bits per heavy atom. The second-order valence-corrected chi connectivity index (χ2v) is 5.46. The molecule has 1 aliphatic heterocycles. The maximum atomic E-state index is 11.9. The summed E-state index contributed by atoms with van der Waals surface area (Å²) in [4.78, 5) is 18.5. The summed E-state index contributed by atoms with van der Waals surface area (Å²) < 4.78 is 0. The van der Waals surface area contributed by atoms with Gasteiger partial charge >= 0.3 is 0 Å². The summed E-state index contributed by atoms with van der Waals surface area (Å²) in [6, 6.07) is 4.40. The van der Waals surface area contributed by atoms with Crippen molar-refractivity contribution in [1.82, 2.24) is 10.3 Å². The molecule has 0 aromatic carbocycles. The molecule has 0 aliphatic carbocycles. The Morgan fingerprint density at radius 2 is 2.09 bits per heavy atom. The fraction of sp³-hybridized carbons (Fsp3) is 0.625. The molecule has 1 amide bonds. The Hall–Kier alpha value is -1.04. The van der Waals surface area contributed by atoms with Gasteiger partial charge in [-0.2, -0.15) is 0 Å². The number of pyridine rings is 1. The predicted molar refractivity (Wildman–Crippen MR) is 101 cm³/mol. The van der Waals surface area contributed by atoms with Crippen molar-refractivity contribution in [3.05, 3.63) is 18.3 Å². The summed E-state index contributed by atoms with van der Waals surface area (Å²) in [5.74, 6) is 1.02. The highest BCUT2D eigenvalue weighted by atomic mass is 35.5. The van der Waals surface area contributed by atoms with Crippen LogP contribution in [0.1, 0.15) is 39.5 Å². The van der Waals surface area contributed by atoms with Crippen LogP contribution in [0.25, 0.3) is 0 Å². The number of halogens is 2. The Balaban J connectivity index is 0.00000242. The first-order chi connectivity index (χ1) is 10.2. The van der Waals surface area contributed by atoms with Crippen molar-refractivity contribution < 1.29 is 4.79 Å². The minimum atomic E-state index is 0. The van der Waals surface area contributed by atoms with E-state index in [0.717, 1.165) is 37.6 Å². The lowest BCUT2D eigenvalue weighted by molar-refractivity contribution is -0.116. The van der Waals surface area contributed by atoms with Crippen molar-refractivity contribution >= 4 is 42.2 Å². The van der Waals surface area contributed by atoms with Gasteiger partial charge in [0.15, 0.2) is 0 Å². The zero-order valence-electron chi connectivity index (χ0n) is 13.9. The fourth-order valence-electron chi connectivity index (χ4n) is 2.73. The van der Waals surface area contributed by atoms with Crippen LogP contribution in [0, 0.1) is 0 Å². The molecule has 1 saturated heterocycles. The number of amides is 1. The number of nitrogens with zero attached hydrogens (tertiary/aromatic N) is 2. The average molecular weight is 363 g/mol. The zero-order chi connectivity index (χ0) is 15.1. The number of carbonyl (C=O) groups is 1. The number of carbonyl (C=O) groups excluding carboxylic acids is 1. The molecule has 1 aliphatic rings. The second-order valence-electron chi connectivity index (χ2n) is 5.46. The maximum absolute atomic E-state index is 11.9. The summed E-state index contributed by atoms with van der Waals surface area (Å²) in [5, 5.41) is 6.33. The summed E-state index contributed by atoms with van der Waals surface area (Å²) in [6.07, 6.45) is 5.63. The molecule has 1 atom stereocenters. The van der Waals surface area contributed by atoms with Crippen molar-refractivity contribution in [3.63, 3.8) is 0 Å². The molecule has 2 heterocycles. The molecule has 5 nitrogen and oxygen atoms in total. The minimum absolute atomic E-state index is 0. The van der Waals surface area contributed by atoms with E-state index in [1.54, 1.807) is 6.20 Å². The SMILES string of the molecule is CCN(CC)c1ccc(NC(=O)CCC2CCCN2)cn1.Cl.Cl. The van der Waals surface area contributed by atoms with Gasteiger partial charge in [0.05, 0.1) is 11.9 Å². The van der Waals surface area contributed by atoms with Gasteiger partial charge in [0.2, 0.25) is 5.91 Å². The van der Waals surface area contributed by atoms with E-state index in [1.807, 2.05) is 12.1 Å². The van der Waals surface area contributed by atoms with Gasteiger partial charge < -0.3 is 15.5 Å². The summed E-state index contributed by atoms with van der Waals surface area (Å²) >= 11 is 0. The highest BCUT2D eigenvalue weighted by Crippen LogP contribution is 2.15. The second kappa shape index (κ2) is 11.5. The van der Waals surface area contributed by atoms with Gasteiger partial charge in [-0.15, -0.1) is 24.8 Å². The third-order valence-electron chi connectivity index (χ3n) is 4.00. The molecule has 1 unspecified atom stereocenters. The first kappa shape index (κ1) is 22.0. The van der Waals surface area contributed by atoms with E-state index < -0.39 is 0 Å². The Labute approximate surface area is 151 Å². The van der Waals surface area contributed by atoms with Crippen LogP contribution >= 0.6 is 24.8 Å². The number of nitrogens with one attached hydrogen (secondary N) is 2. The Kier molecular flexibility index (Phi) is 11.0. The number of rotatable bonds is 7. The lowest BCUT2D eigenvalue weighted by Crippen LogP contribution is -2.24. The third-order valence-corrected chi connectivity index (χ3v) is 4.00. The number of hydrogen-bond donors (Lipinski definition) is 2. The van der Waals surface area contributed by atoms with Gasteiger partial charge in [0.1, 0.15) is 5.82 Å². The smallest absolute Gasteiger partial charge is 0.224 e. The van der Waals surface area contributed by atoms with Crippen LogP contribution in [0.5, 0.6) is 0 Å². The van der Waals surface area contributed by atoms with Crippen LogP contribution < -0.4 is 15.5 Å². The molecular weight excluding hydrogens is 335 g/mol. The largest absolute Gasteiger partial charge is 0.357 e. The minimum Gasteiger partial charge on any atom is -0.357 e. The fourth-order valence-corrected chi connectivity index (χ4v) is 2.73. The van der Waals surface area contributed by atoms with E-state index in [-0.39, 0.29) is 30.7 Å². The monoisotopic (exact) mass is 362 g/mol. The predicted octanol–water partition coefficient (Wildman–Crippen LogP) is 3.24. The van der Waals surface area contributed by atoms with E-state index in [9.17, 15) is 4.79 Å². The van der Waals surface area contributed by atoms with Crippen molar-refractivity contribution in [1.29, 1.82) is 0 Å². The van der Waals surface area contributed by atoms with Crippen LogP contribution in [0.4, 0.5) is 11.5 Å². The van der Waals surface area contributed by atoms with Crippen LogP contribution in [-0.2, 0) is 4.79 Å². The summed E-state index contributed by atoms with van der Waals surface area (Å²) in [6.45, 7) is 7.17. The van der Waals surface area contributed by atoms with Crippen LogP contribution in [0.15, 0.2) is 18.3 Å². The topological polar surface area (TPSA) is 57.3 Å². The summed E-state index contributed by atoms with van der Waals surface area (Å²) in [7, 11) is 0. The molecule has 0 saturated carbocycles. The molecule has 23 heavy (non-hydrogen) atoms. The molecule has 0 bridgehead atoms. The standard InChI is InChI=1S/C16H26N4O.2ClH/c1-3-20(4-2)15-9-7-14(12-18-15)19-16(21)10-8-13-6-5-11-17-13;;/h7,9,12-13,17H,3-6,8,10-11H2,1-2H3,(H,19,21);2*1H. The van der Waals surface area contributed by atoms with Gasteiger partial charge in [-0.3, -0.25) is 4.79 Å². The normalized spacial score (nSPS) is 16.2. The van der Waals surface area contributed by atoms with E-state index >= 15 is 0 Å². The third kappa shape index (κ3) is 6.94. The molecule has 0 radical (unpaired) electrons. The number of hydrogen-bond acceptors (Lipinski definition) is 4. The van der Waals surface area contributed by atoms with E-state index in [4.69, 9.17) is 0 Å². The Morgan fingerprint density at radius 1 is 1.35 bits per heavy atom. The molecule has 1 aromatic heterocycles. The van der Waals surface area contributed by atoms with Gasteiger partial charge in [0, 0.05) is 25.6 Å². The Bertz CT molecular complexity index is 446. The first-order valence-corrected chi connectivity index (χ1v) is 7.97. The maximum Gasteiger partial charge on any atom is 0.224 e. The van der Waals surface area contributed by atoms with Crippen molar-refractivity contribution in [3.8, 4) is 0 Å². The molecule has 7 heteroatoms. The van der Waals surface area contributed by atoms with Gasteiger partial charge in [-0.25, -0.2) is 4.98 Å². The van der Waals surface area contributed by atoms with E-state index in [0.29, 0.717) is 12.5 Å². The molecule has 0 spiro atoms. The summed E-state index contributed by atoms with van der Waals surface area (Å²) in [5.41, 5.74) is 0.773. The lowest BCUT2D eigenvalue weighted by atomic mass is 10.1. The van der Waals surface area contributed by atoms with Crippen LogP contribution in [0.2, 0.25) is 0 Å². The average Bonchev–Trinajstić information content (AvgIpc) is 3.01. The van der Waals surface area contributed by atoms with Crippen LogP contribution in [-0.4, -0.2) is 36.6 Å². The van der Waals surface area contributed by atoms with Crippen LogP contribution in [0.3, 0.4) is 0 Å². The zero-order valence-corrected chi connectivity index (χ0v) is 15.5. The van der Waals surface area contributed by atoms with E-state index in [2.05, 4.69) is 34.4 Å². The number of aromatic nitrogens is 1. The molecule has 2 N–H and O–H groups in total. The van der Waals surface area contributed by atoms with Crippen molar-refractivity contribution in [2.75, 3.05) is 29.9 Å². The van der Waals surface area contributed by atoms with E-state index in [1.165, 1.54) is 12.8 Å². The molecule has 132 valence electrons. The van der Waals surface area contributed by atoms with Gasteiger partial charge in [-0.05, 0) is 51.8 Å². The highest BCUT2D eigenvalue weighted by Gasteiger charge is 2.15. The molecule has 2 rings (SSSR count). The highest BCUT2D eigenvalue weighted by molar-refractivity contribution is 5.90. The molecule has 1 fully saturated rings. The lowest BCUT2D eigenvalue weighted by Gasteiger charge is -2.19. The van der Waals surface area contributed by atoms with Crippen molar-refractivity contribution in [2.24, 2.45) is 0 Å². The van der Waals surface area contributed by atoms with Crippen molar-refractivity contribution in [2.45, 2.75) is 45.6 Å². The quantitative estimate of drug-likeness (QED) is 0.781. The van der Waals surface area contributed by atoms with Gasteiger partial charge in [-0.1, -0.05) is 0 Å². The van der Waals surface area contributed by atoms with Gasteiger partial charge in [0.25, 0.3) is 0 Å². The first-order valence-electron chi connectivity index (χ1n) is 7.97. The number of anilines is 2. The molecule has 1 aromatic rings.